The average molecular weight is 317 g/mol. The van der Waals surface area contributed by atoms with E-state index in [1.807, 2.05) is 54.6 Å². The summed E-state index contributed by atoms with van der Waals surface area (Å²) in [6.07, 6.45) is 0. The molecule has 0 spiro atoms. The van der Waals surface area contributed by atoms with Crippen molar-refractivity contribution in [2.24, 2.45) is 10.7 Å². The number of aromatic amines is 1. The summed E-state index contributed by atoms with van der Waals surface area (Å²) >= 11 is 0. The normalized spacial score (nSPS) is 13.0. The molecular weight excluding hydrogens is 302 g/mol. The summed E-state index contributed by atoms with van der Waals surface area (Å²) in [5.74, 6) is -0.394. The van der Waals surface area contributed by atoms with Crippen LogP contribution in [0, 0.1) is 0 Å². The zero-order chi connectivity index (χ0) is 16.7. The highest BCUT2D eigenvalue weighted by molar-refractivity contribution is 6.30. The van der Waals surface area contributed by atoms with Gasteiger partial charge in [0.2, 0.25) is 0 Å². The Labute approximate surface area is 138 Å². The van der Waals surface area contributed by atoms with Crippen LogP contribution in [0.5, 0.6) is 5.88 Å². The minimum atomic E-state index is -0.349. The second-order valence-electron chi connectivity index (χ2n) is 5.63. The first-order chi connectivity index (χ1) is 11.7. The third-order valence-electron chi connectivity index (χ3n) is 4.17. The van der Waals surface area contributed by atoms with Crippen LogP contribution in [-0.2, 0) is 6.54 Å². The Hall–Kier alpha value is -3.18. The molecule has 24 heavy (non-hydrogen) atoms. The van der Waals surface area contributed by atoms with E-state index in [9.17, 15) is 9.90 Å². The number of aliphatic imine (C=N–C) groups is 1. The molecule has 1 amide bonds. The van der Waals surface area contributed by atoms with Crippen LogP contribution in [0.2, 0.25) is 0 Å². The predicted octanol–water partition coefficient (Wildman–Crippen LogP) is 2.84. The first kappa shape index (κ1) is 14.4. The van der Waals surface area contributed by atoms with Crippen LogP contribution in [0.15, 0.2) is 59.6 Å². The minimum absolute atomic E-state index is 0.0450. The lowest BCUT2D eigenvalue weighted by Crippen LogP contribution is -2.01. The molecule has 4 N–H and O–H groups in total. The average Bonchev–Trinajstić information content (AvgIpc) is 3.15. The number of carbonyl (C=O) groups is 1. The zero-order valence-corrected chi connectivity index (χ0v) is 12.8. The number of hydrogen-bond acceptors (Lipinski definition) is 3. The summed E-state index contributed by atoms with van der Waals surface area (Å²) in [4.78, 5) is 19.5. The maximum atomic E-state index is 12.4. The molecule has 1 aromatic heterocycles. The van der Waals surface area contributed by atoms with Gasteiger partial charge in [0.15, 0.2) is 5.88 Å². The highest BCUT2D eigenvalue weighted by Crippen LogP contribution is 2.37. The van der Waals surface area contributed by atoms with Crippen LogP contribution in [0.25, 0.3) is 11.3 Å². The Morgan fingerprint density at radius 1 is 0.958 bits per heavy atom. The molecule has 0 aliphatic carbocycles. The van der Waals surface area contributed by atoms with E-state index in [4.69, 9.17) is 5.73 Å². The molecule has 2 heterocycles. The van der Waals surface area contributed by atoms with E-state index >= 15 is 0 Å². The van der Waals surface area contributed by atoms with Crippen molar-refractivity contribution < 1.29 is 9.90 Å². The van der Waals surface area contributed by atoms with Gasteiger partial charge >= 0.3 is 0 Å². The highest BCUT2D eigenvalue weighted by atomic mass is 16.3. The van der Waals surface area contributed by atoms with Crippen LogP contribution >= 0.6 is 0 Å². The van der Waals surface area contributed by atoms with Crippen LogP contribution in [0.4, 0.5) is 0 Å². The van der Waals surface area contributed by atoms with E-state index in [0.717, 1.165) is 16.7 Å². The van der Waals surface area contributed by atoms with E-state index in [2.05, 4.69) is 9.98 Å². The maximum absolute atomic E-state index is 12.4. The molecule has 5 heteroatoms. The first-order valence-corrected chi connectivity index (χ1v) is 7.62. The first-order valence-electron chi connectivity index (χ1n) is 7.62. The number of nitrogens with two attached hydrogens (primary N) is 1. The van der Waals surface area contributed by atoms with Gasteiger partial charge in [-0.05, 0) is 11.1 Å². The molecule has 5 nitrogen and oxygen atoms in total. The molecule has 0 radical (unpaired) electrons. The van der Waals surface area contributed by atoms with E-state index in [1.165, 1.54) is 0 Å². The van der Waals surface area contributed by atoms with Gasteiger partial charge in [-0.2, -0.15) is 0 Å². The third-order valence-corrected chi connectivity index (χ3v) is 4.17. The lowest BCUT2D eigenvalue weighted by atomic mass is 9.99. The number of nitrogens with one attached hydrogen (secondary N) is 1. The SMILES string of the molecule is NCc1ccc(C2=NC(=O)c3c(-c4ccccc4)[nH]c(O)c32)cc1. The molecule has 2 aromatic carbocycles. The van der Waals surface area contributed by atoms with Gasteiger partial charge < -0.3 is 15.8 Å². The van der Waals surface area contributed by atoms with Gasteiger partial charge in [-0.15, -0.1) is 0 Å². The number of nitrogens with zero attached hydrogens (tertiary/aromatic N) is 1. The molecule has 1 aliphatic rings. The number of benzene rings is 2. The second-order valence-corrected chi connectivity index (χ2v) is 5.63. The Morgan fingerprint density at radius 3 is 2.33 bits per heavy atom. The molecule has 1 aliphatic heterocycles. The van der Waals surface area contributed by atoms with E-state index in [-0.39, 0.29) is 11.8 Å². The Morgan fingerprint density at radius 2 is 1.67 bits per heavy atom. The number of hydrogen-bond donors (Lipinski definition) is 3. The largest absolute Gasteiger partial charge is 0.494 e. The summed E-state index contributed by atoms with van der Waals surface area (Å²) < 4.78 is 0. The van der Waals surface area contributed by atoms with Crippen LogP contribution in [0.1, 0.15) is 27.0 Å². The summed E-state index contributed by atoms with van der Waals surface area (Å²) in [6.45, 7) is 0.449. The number of fused-ring (bicyclic) bond motifs is 1. The Balaban J connectivity index is 1.85. The van der Waals surface area contributed by atoms with Crippen molar-refractivity contribution in [1.82, 2.24) is 4.98 Å². The predicted molar refractivity (Wildman–Crippen MR) is 92.2 cm³/mol. The maximum Gasteiger partial charge on any atom is 0.280 e. The standard InChI is InChI=1S/C19H15N3O2/c20-10-11-6-8-13(9-7-11)17-15-14(18(23)22-17)16(21-19(15)24)12-4-2-1-3-5-12/h1-9,21,24H,10,20H2. The van der Waals surface area contributed by atoms with Gasteiger partial charge in [0.05, 0.1) is 22.5 Å². The van der Waals surface area contributed by atoms with Crippen molar-refractivity contribution in [3.63, 3.8) is 0 Å². The second kappa shape index (κ2) is 5.47. The fourth-order valence-corrected chi connectivity index (χ4v) is 2.97. The Bertz CT molecular complexity index is 954. The summed E-state index contributed by atoms with van der Waals surface area (Å²) in [5, 5.41) is 10.4. The van der Waals surface area contributed by atoms with Crippen LogP contribution in [0.3, 0.4) is 0 Å². The zero-order valence-electron chi connectivity index (χ0n) is 12.8. The number of aromatic hydroxyl groups is 1. The lowest BCUT2D eigenvalue weighted by molar-refractivity contribution is 0.101. The molecule has 0 saturated heterocycles. The number of H-pyrrole nitrogens is 1. The molecule has 0 fully saturated rings. The number of amides is 1. The quantitative estimate of drug-likeness (QED) is 0.693. The molecule has 3 aromatic rings. The van der Waals surface area contributed by atoms with Gasteiger partial charge in [0, 0.05) is 12.1 Å². The van der Waals surface area contributed by atoms with Gasteiger partial charge in [0.1, 0.15) is 0 Å². The molecule has 0 atom stereocenters. The molecule has 0 saturated carbocycles. The van der Waals surface area contributed by atoms with Crippen molar-refractivity contribution in [1.29, 1.82) is 0 Å². The van der Waals surface area contributed by atoms with Gasteiger partial charge in [-0.3, -0.25) is 4.79 Å². The molecule has 118 valence electrons. The fourth-order valence-electron chi connectivity index (χ4n) is 2.97. The summed E-state index contributed by atoms with van der Waals surface area (Å²) in [5.41, 5.74) is 10.2. The lowest BCUT2D eigenvalue weighted by Gasteiger charge is -2.03. The highest BCUT2D eigenvalue weighted by Gasteiger charge is 2.33. The third kappa shape index (κ3) is 2.14. The molecule has 0 unspecified atom stereocenters. The molecule has 4 rings (SSSR count). The topological polar surface area (TPSA) is 91.5 Å². The van der Waals surface area contributed by atoms with E-state index in [1.54, 1.807) is 0 Å². The fraction of sp³-hybridized carbons (Fsp3) is 0.0526. The molecular formula is C19H15N3O2. The number of rotatable bonds is 3. The van der Waals surface area contributed by atoms with Crippen molar-refractivity contribution in [2.45, 2.75) is 6.54 Å². The van der Waals surface area contributed by atoms with Crippen LogP contribution < -0.4 is 5.73 Å². The monoisotopic (exact) mass is 317 g/mol. The van der Waals surface area contributed by atoms with Crippen molar-refractivity contribution >= 4 is 11.6 Å². The van der Waals surface area contributed by atoms with Crippen molar-refractivity contribution in [2.75, 3.05) is 0 Å². The van der Waals surface area contributed by atoms with Crippen LogP contribution in [-0.4, -0.2) is 21.7 Å². The summed E-state index contributed by atoms with van der Waals surface area (Å²) in [6, 6.07) is 16.9. The van der Waals surface area contributed by atoms with Crippen molar-refractivity contribution in [3.05, 3.63) is 76.9 Å². The number of aromatic nitrogens is 1. The summed E-state index contributed by atoms with van der Waals surface area (Å²) in [7, 11) is 0. The van der Waals surface area contributed by atoms with E-state index in [0.29, 0.717) is 29.1 Å². The molecule has 0 bridgehead atoms. The smallest absolute Gasteiger partial charge is 0.280 e. The minimum Gasteiger partial charge on any atom is -0.494 e. The Kier molecular flexibility index (Phi) is 3.29. The van der Waals surface area contributed by atoms with E-state index < -0.39 is 0 Å². The van der Waals surface area contributed by atoms with Gasteiger partial charge in [0.25, 0.3) is 5.91 Å². The van der Waals surface area contributed by atoms with Crippen molar-refractivity contribution in [3.8, 4) is 17.1 Å². The van der Waals surface area contributed by atoms with Gasteiger partial charge in [-0.25, -0.2) is 4.99 Å². The van der Waals surface area contributed by atoms with Gasteiger partial charge in [-0.1, -0.05) is 54.6 Å². The number of carbonyl (C=O) groups excluding carboxylic acids is 1.